The highest BCUT2D eigenvalue weighted by atomic mass is 32.2. The molecule has 2 N–H and O–H groups in total. The maximum Gasteiger partial charge on any atom is 0.243 e. The number of benzene rings is 2. The molecule has 0 atom stereocenters. The second kappa shape index (κ2) is 9.02. The second-order valence-corrected chi connectivity index (χ2v) is 9.58. The molecule has 1 aliphatic heterocycles. The van der Waals surface area contributed by atoms with Crippen LogP contribution in [0.2, 0.25) is 0 Å². The van der Waals surface area contributed by atoms with Crippen molar-refractivity contribution < 1.29 is 22.5 Å². The van der Waals surface area contributed by atoms with Gasteiger partial charge in [0.05, 0.1) is 31.5 Å². The zero-order chi connectivity index (χ0) is 21.0. The Morgan fingerprint density at radius 1 is 1.10 bits per heavy atom. The van der Waals surface area contributed by atoms with Crippen LogP contribution in [-0.4, -0.2) is 51.9 Å². The number of amides is 1. The van der Waals surface area contributed by atoms with E-state index in [0.717, 1.165) is 25.9 Å². The van der Waals surface area contributed by atoms with Gasteiger partial charge in [-0.25, -0.2) is 12.8 Å². The Labute approximate surface area is 171 Å². The highest BCUT2D eigenvalue weighted by Crippen LogP contribution is 2.22. The minimum absolute atomic E-state index is 0.0128. The molecule has 1 amide bonds. The normalized spacial score (nSPS) is 19.9. The van der Waals surface area contributed by atoms with Crippen molar-refractivity contribution in [2.75, 3.05) is 32.5 Å². The highest BCUT2D eigenvalue weighted by Gasteiger charge is 2.31. The molecule has 1 aliphatic rings. The van der Waals surface area contributed by atoms with E-state index in [1.165, 1.54) is 33.5 Å². The number of hydrogen-bond acceptors (Lipinski definition) is 3. The summed E-state index contributed by atoms with van der Waals surface area (Å²) in [5.41, 5.74) is 1.21. The summed E-state index contributed by atoms with van der Waals surface area (Å²) in [6.45, 7) is 1.92. The first-order chi connectivity index (χ1) is 13.8. The molecule has 2 aromatic carbocycles. The Morgan fingerprint density at radius 2 is 1.69 bits per heavy atom. The van der Waals surface area contributed by atoms with Crippen LogP contribution < -0.4 is 10.2 Å². The number of halogens is 1. The summed E-state index contributed by atoms with van der Waals surface area (Å²) < 4.78 is 40.2. The van der Waals surface area contributed by atoms with Gasteiger partial charge in [0.25, 0.3) is 0 Å². The van der Waals surface area contributed by atoms with E-state index in [1.54, 1.807) is 31.3 Å². The Morgan fingerprint density at radius 3 is 2.28 bits per heavy atom. The monoisotopic (exact) mass is 420 g/mol. The van der Waals surface area contributed by atoms with Crippen LogP contribution in [-0.2, 0) is 21.2 Å². The van der Waals surface area contributed by atoms with E-state index in [-0.39, 0.29) is 29.1 Å². The molecule has 0 bridgehead atoms. The molecule has 0 aliphatic carbocycles. The van der Waals surface area contributed by atoms with Crippen molar-refractivity contribution >= 4 is 21.6 Å². The number of rotatable bonds is 6. The summed E-state index contributed by atoms with van der Waals surface area (Å²) in [5.74, 6) is -0.601. The van der Waals surface area contributed by atoms with Crippen molar-refractivity contribution in [3.05, 3.63) is 59.9 Å². The molecule has 6 nitrogen and oxygen atoms in total. The van der Waals surface area contributed by atoms with Gasteiger partial charge in [0.15, 0.2) is 0 Å². The fourth-order valence-electron chi connectivity index (χ4n) is 3.52. The third-order valence-corrected chi connectivity index (χ3v) is 7.34. The predicted molar refractivity (Wildman–Crippen MR) is 110 cm³/mol. The Bertz CT molecular complexity index is 938. The first kappa shape index (κ1) is 21.4. The standard InChI is InChI=1S/C21H26FN3O3S/c1-24-13-11-19(12-14-24)25(2)29(27,28)20-9-7-18(8-10-20)23-21(26)15-16-3-5-17(22)6-4-16/h3-10,19H,11-15H2,1-2H3,(H,23,26)/p+1. The van der Waals surface area contributed by atoms with E-state index in [1.807, 2.05) is 0 Å². The molecule has 0 unspecified atom stereocenters. The Kier molecular flexibility index (Phi) is 6.66. The summed E-state index contributed by atoms with van der Waals surface area (Å²) >= 11 is 0. The molecular weight excluding hydrogens is 393 g/mol. The van der Waals surface area contributed by atoms with Crippen LogP contribution in [0.4, 0.5) is 10.1 Å². The molecule has 0 spiro atoms. The van der Waals surface area contributed by atoms with Gasteiger partial charge in [-0.05, 0) is 42.0 Å². The van der Waals surface area contributed by atoms with Gasteiger partial charge in [0.1, 0.15) is 5.82 Å². The molecule has 29 heavy (non-hydrogen) atoms. The Hall–Kier alpha value is -2.29. The molecule has 1 heterocycles. The third kappa shape index (κ3) is 5.41. The SMILES string of the molecule is CN(C1CC[NH+](C)CC1)S(=O)(=O)c1ccc(NC(=O)Cc2ccc(F)cc2)cc1. The second-order valence-electron chi connectivity index (χ2n) is 7.59. The van der Waals surface area contributed by atoms with E-state index in [2.05, 4.69) is 12.4 Å². The number of anilines is 1. The smallest absolute Gasteiger partial charge is 0.243 e. The van der Waals surface area contributed by atoms with Crippen molar-refractivity contribution in [1.82, 2.24) is 4.31 Å². The van der Waals surface area contributed by atoms with Crippen LogP contribution in [0.15, 0.2) is 53.4 Å². The maximum atomic E-state index is 12.9. The zero-order valence-electron chi connectivity index (χ0n) is 16.7. The maximum absolute atomic E-state index is 12.9. The van der Waals surface area contributed by atoms with Gasteiger partial charge < -0.3 is 10.2 Å². The van der Waals surface area contributed by atoms with Gasteiger partial charge in [0, 0.05) is 31.6 Å². The van der Waals surface area contributed by atoms with E-state index in [4.69, 9.17) is 0 Å². The predicted octanol–water partition coefficient (Wildman–Crippen LogP) is 1.30. The number of quaternary nitrogens is 1. The number of carbonyl (C=O) groups excluding carboxylic acids is 1. The van der Waals surface area contributed by atoms with Crippen LogP contribution in [0.5, 0.6) is 0 Å². The lowest BCUT2D eigenvalue weighted by atomic mass is 10.1. The highest BCUT2D eigenvalue weighted by molar-refractivity contribution is 7.89. The van der Waals surface area contributed by atoms with Crippen LogP contribution in [0.25, 0.3) is 0 Å². The van der Waals surface area contributed by atoms with Crippen molar-refractivity contribution in [3.63, 3.8) is 0 Å². The minimum Gasteiger partial charge on any atom is -0.337 e. The topological polar surface area (TPSA) is 70.9 Å². The van der Waals surface area contributed by atoms with Crippen molar-refractivity contribution in [2.24, 2.45) is 0 Å². The summed E-state index contributed by atoms with van der Waals surface area (Å²) in [5, 5.41) is 2.74. The average Bonchev–Trinajstić information content (AvgIpc) is 2.70. The van der Waals surface area contributed by atoms with Crippen molar-refractivity contribution in [1.29, 1.82) is 0 Å². The molecule has 2 aromatic rings. The van der Waals surface area contributed by atoms with E-state index in [9.17, 15) is 17.6 Å². The van der Waals surface area contributed by atoms with E-state index >= 15 is 0 Å². The molecule has 1 saturated heterocycles. The molecule has 1 fully saturated rings. The molecule has 156 valence electrons. The fourth-order valence-corrected chi connectivity index (χ4v) is 4.94. The van der Waals surface area contributed by atoms with Crippen LogP contribution >= 0.6 is 0 Å². The lowest BCUT2D eigenvalue weighted by Gasteiger charge is -2.32. The van der Waals surface area contributed by atoms with Crippen molar-refractivity contribution in [2.45, 2.75) is 30.2 Å². The summed E-state index contributed by atoms with van der Waals surface area (Å²) in [7, 11) is 0.179. The van der Waals surface area contributed by atoms with Gasteiger partial charge in [-0.1, -0.05) is 12.1 Å². The number of likely N-dealkylation sites (tertiary alicyclic amines) is 1. The molecule has 0 aromatic heterocycles. The quantitative estimate of drug-likeness (QED) is 0.740. The van der Waals surface area contributed by atoms with Crippen LogP contribution in [0, 0.1) is 5.82 Å². The number of carbonyl (C=O) groups is 1. The fraction of sp³-hybridized carbons (Fsp3) is 0.381. The van der Waals surface area contributed by atoms with E-state index in [0.29, 0.717) is 11.3 Å². The first-order valence-corrected chi connectivity index (χ1v) is 11.1. The lowest BCUT2D eigenvalue weighted by Crippen LogP contribution is -3.10. The minimum atomic E-state index is -3.58. The van der Waals surface area contributed by atoms with Crippen molar-refractivity contribution in [3.8, 4) is 0 Å². The molecule has 0 radical (unpaired) electrons. The van der Waals surface area contributed by atoms with Gasteiger partial charge in [-0.15, -0.1) is 0 Å². The van der Waals surface area contributed by atoms with Gasteiger partial charge in [-0.3, -0.25) is 4.79 Å². The van der Waals surface area contributed by atoms with Crippen LogP contribution in [0.3, 0.4) is 0 Å². The number of nitrogens with zero attached hydrogens (tertiary/aromatic N) is 1. The van der Waals surface area contributed by atoms with Gasteiger partial charge >= 0.3 is 0 Å². The number of sulfonamides is 1. The zero-order valence-corrected chi connectivity index (χ0v) is 17.5. The molecular formula is C21H27FN3O3S+. The lowest BCUT2D eigenvalue weighted by molar-refractivity contribution is -0.885. The number of hydrogen-bond donors (Lipinski definition) is 2. The number of piperidine rings is 1. The molecule has 8 heteroatoms. The number of nitrogens with one attached hydrogen (secondary N) is 2. The third-order valence-electron chi connectivity index (χ3n) is 5.42. The molecule has 0 saturated carbocycles. The summed E-state index contributed by atoms with van der Waals surface area (Å²) in [6, 6.07) is 12.0. The van der Waals surface area contributed by atoms with Gasteiger partial charge in [-0.2, -0.15) is 4.31 Å². The van der Waals surface area contributed by atoms with E-state index < -0.39 is 10.0 Å². The average molecular weight is 421 g/mol. The Balaban J connectivity index is 1.62. The first-order valence-electron chi connectivity index (χ1n) is 9.69. The largest absolute Gasteiger partial charge is 0.337 e. The molecule has 3 rings (SSSR count). The van der Waals surface area contributed by atoms with Crippen LogP contribution in [0.1, 0.15) is 18.4 Å². The summed E-state index contributed by atoms with van der Waals surface area (Å²) in [6.07, 6.45) is 1.80. The summed E-state index contributed by atoms with van der Waals surface area (Å²) in [4.78, 5) is 13.8. The van der Waals surface area contributed by atoms with Gasteiger partial charge in [0.2, 0.25) is 15.9 Å².